The number of carbonyl (C=O) groups is 2. The van der Waals surface area contributed by atoms with E-state index >= 15 is 0 Å². The Morgan fingerprint density at radius 2 is 1.52 bits per heavy atom. The second-order valence-electron chi connectivity index (χ2n) is 9.89. The lowest BCUT2D eigenvalue weighted by molar-refractivity contribution is -0.141. The maximum Gasteiger partial charge on any atom is 0.243 e. The molecule has 214 valence electrons. The molecule has 0 aliphatic heterocycles. The fourth-order valence-electron chi connectivity index (χ4n) is 4.55. The molecular weight excluding hydrogens is 504 g/mol. The lowest BCUT2D eigenvalue weighted by Crippen LogP contribution is -2.51. The van der Waals surface area contributed by atoms with Crippen molar-refractivity contribution in [3.05, 3.63) is 89.5 Å². The Morgan fingerprint density at radius 1 is 0.825 bits per heavy atom. The number of rotatable bonds is 15. The number of hydrogen-bond acceptors (Lipinski definition) is 5. The van der Waals surface area contributed by atoms with Crippen molar-refractivity contribution in [2.24, 2.45) is 0 Å². The molecule has 3 aromatic carbocycles. The molecule has 0 fully saturated rings. The zero-order chi connectivity index (χ0) is 28.9. The van der Waals surface area contributed by atoms with Gasteiger partial charge in [0.25, 0.3) is 0 Å². The van der Waals surface area contributed by atoms with Gasteiger partial charge in [-0.15, -0.1) is 0 Å². The third-order valence-corrected chi connectivity index (χ3v) is 6.42. The average molecular weight is 547 g/mol. The van der Waals surface area contributed by atoms with E-state index in [2.05, 4.69) is 5.32 Å². The number of hydrogen-bond donors (Lipinski definition) is 1. The molecule has 0 saturated carbocycles. The standard InChI is InChI=1S/C33H42N2O5/c1-6-39-30-18-16-26(22-31(30)40-7-2)17-19-32(36)35(23-27-14-11-15-28(20-27)38-5)29(33(37)34-24(3)4)21-25-12-9-8-10-13-25/h8-16,18,20,22,24,29H,6-7,17,19,21,23H2,1-5H3,(H,34,37). The minimum atomic E-state index is -0.678. The van der Waals surface area contributed by atoms with Crippen molar-refractivity contribution in [2.75, 3.05) is 20.3 Å². The highest BCUT2D eigenvalue weighted by Crippen LogP contribution is 2.29. The summed E-state index contributed by atoms with van der Waals surface area (Å²) in [6.45, 7) is 9.05. The van der Waals surface area contributed by atoms with Gasteiger partial charge in [0.05, 0.1) is 20.3 Å². The number of methoxy groups -OCH3 is 1. The van der Waals surface area contributed by atoms with Gasteiger partial charge in [0.15, 0.2) is 11.5 Å². The summed E-state index contributed by atoms with van der Waals surface area (Å²) < 4.78 is 16.9. The summed E-state index contributed by atoms with van der Waals surface area (Å²) in [6, 6.07) is 22.5. The Balaban J connectivity index is 1.91. The number of amides is 2. The van der Waals surface area contributed by atoms with Crippen LogP contribution in [0.3, 0.4) is 0 Å². The Labute approximate surface area is 238 Å². The maximum atomic E-state index is 13.9. The van der Waals surface area contributed by atoms with Crippen molar-refractivity contribution in [3.8, 4) is 17.2 Å². The highest BCUT2D eigenvalue weighted by Gasteiger charge is 2.30. The van der Waals surface area contributed by atoms with E-state index in [1.165, 1.54) is 0 Å². The van der Waals surface area contributed by atoms with Crippen LogP contribution in [0, 0.1) is 0 Å². The van der Waals surface area contributed by atoms with Gasteiger partial charge in [-0.1, -0.05) is 48.5 Å². The molecule has 0 aromatic heterocycles. The van der Waals surface area contributed by atoms with Crippen LogP contribution >= 0.6 is 0 Å². The largest absolute Gasteiger partial charge is 0.497 e. The number of carbonyl (C=O) groups excluding carboxylic acids is 2. The molecule has 0 bridgehead atoms. The van der Waals surface area contributed by atoms with Crippen molar-refractivity contribution < 1.29 is 23.8 Å². The average Bonchev–Trinajstić information content (AvgIpc) is 2.95. The zero-order valence-corrected chi connectivity index (χ0v) is 24.3. The summed E-state index contributed by atoms with van der Waals surface area (Å²) in [7, 11) is 1.61. The maximum absolute atomic E-state index is 13.9. The molecule has 0 aliphatic carbocycles. The van der Waals surface area contributed by atoms with Crippen molar-refractivity contribution in [2.45, 2.75) is 65.6 Å². The fourth-order valence-corrected chi connectivity index (χ4v) is 4.55. The molecule has 0 radical (unpaired) electrons. The first-order valence-electron chi connectivity index (χ1n) is 14.0. The van der Waals surface area contributed by atoms with Gasteiger partial charge in [0.1, 0.15) is 11.8 Å². The second-order valence-corrected chi connectivity index (χ2v) is 9.89. The number of benzene rings is 3. The number of ether oxygens (including phenoxy) is 3. The summed E-state index contributed by atoms with van der Waals surface area (Å²) in [5.41, 5.74) is 2.85. The van der Waals surface area contributed by atoms with Gasteiger partial charge in [-0.3, -0.25) is 9.59 Å². The number of nitrogens with one attached hydrogen (secondary N) is 1. The first kappa shape index (κ1) is 30.5. The van der Waals surface area contributed by atoms with Crippen LogP contribution in [0.1, 0.15) is 50.8 Å². The molecule has 7 nitrogen and oxygen atoms in total. The molecule has 3 aromatic rings. The molecule has 1 atom stereocenters. The lowest BCUT2D eigenvalue weighted by Gasteiger charge is -2.32. The van der Waals surface area contributed by atoms with Crippen molar-refractivity contribution in [1.82, 2.24) is 10.2 Å². The molecule has 0 saturated heterocycles. The first-order valence-corrected chi connectivity index (χ1v) is 14.0. The predicted molar refractivity (Wildman–Crippen MR) is 158 cm³/mol. The van der Waals surface area contributed by atoms with Crippen LogP contribution < -0.4 is 19.5 Å². The minimum absolute atomic E-state index is 0.0552. The third kappa shape index (κ3) is 9.04. The molecule has 0 aliphatic rings. The minimum Gasteiger partial charge on any atom is -0.497 e. The monoisotopic (exact) mass is 546 g/mol. The van der Waals surface area contributed by atoms with E-state index in [0.717, 1.165) is 16.7 Å². The molecule has 2 amide bonds. The summed E-state index contributed by atoms with van der Waals surface area (Å²) in [6.07, 6.45) is 1.15. The molecule has 1 N–H and O–H groups in total. The van der Waals surface area contributed by atoms with E-state index in [9.17, 15) is 9.59 Å². The number of nitrogens with zero attached hydrogens (tertiary/aromatic N) is 1. The van der Waals surface area contributed by atoms with E-state index in [-0.39, 0.29) is 30.8 Å². The smallest absolute Gasteiger partial charge is 0.243 e. The van der Waals surface area contributed by atoms with Crippen molar-refractivity contribution in [1.29, 1.82) is 0 Å². The lowest BCUT2D eigenvalue weighted by atomic mass is 10.0. The molecule has 3 rings (SSSR count). The topological polar surface area (TPSA) is 77.1 Å². The molecule has 40 heavy (non-hydrogen) atoms. The predicted octanol–water partition coefficient (Wildman–Crippen LogP) is 5.59. The zero-order valence-electron chi connectivity index (χ0n) is 24.3. The molecule has 7 heteroatoms. The van der Waals surface area contributed by atoms with E-state index in [1.807, 2.05) is 100 Å². The SMILES string of the molecule is CCOc1ccc(CCC(=O)N(Cc2cccc(OC)c2)C(Cc2ccccc2)C(=O)NC(C)C)cc1OCC. The summed E-state index contributed by atoms with van der Waals surface area (Å²) in [5, 5.41) is 3.03. The Kier molecular flexibility index (Phi) is 11.9. The molecule has 1 unspecified atom stereocenters. The van der Waals surface area contributed by atoms with E-state index in [1.54, 1.807) is 12.0 Å². The van der Waals surface area contributed by atoms with Gasteiger partial charge in [0.2, 0.25) is 11.8 Å². The summed E-state index contributed by atoms with van der Waals surface area (Å²) in [4.78, 5) is 29.2. The van der Waals surface area contributed by atoms with Gasteiger partial charge >= 0.3 is 0 Å². The second kappa shape index (κ2) is 15.6. The summed E-state index contributed by atoms with van der Waals surface area (Å²) >= 11 is 0. The normalized spacial score (nSPS) is 11.6. The van der Waals surface area contributed by atoms with Crippen LogP contribution in [-0.2, 0) is 29.0 Å². The molecule has 0 spiro atoms. The Morgan fingerprint density at radius 3 is 2.20 bits per heavy atom. The van der Waals surface area contributed by atoms with Gasteiger partial charge < -0.3 is 24.4 Å². The van der Waals surface area contributed by atoms with Gasteiger partial charge in [-0.25, -0.2) is 0 Å². The number of aryl methyl sites for hydroxylation is 1. The fraction of sp³-hybridized carbons (Fsp3) is 0.394. The quantitative estimate of drug-likeness (QED) is 0.269. The highest BCUT2D eigenvalue weighted by molar-refractivity contribution is 5.88. The van der Waals surface area contributed by atoms with Crippen molar-refractivity contribution in [3.63, 3.8) is 0 Å². The van der Waals surface area contributed by atoms with E-state index in [4.69, 9.17) is 14.2 Å². The highest BCUT2D eigenvalue weighted by atomic mass is 16.5. The van der Waals surface area contributed by atoms with Crippen LogP contribution in [0.25, 0.3) is 0 Å². The Hall–Kier alpha value is -4.00. The molecular formula is C33H42N2O5. The van der Waals surface area contributed by atoms with Crippen LogP contribution in [0.2, 0.25) is 0 Å². The van der Waals surface area contributed by atoms with Crippen LogP contribution in [0.4, 0.5) is 0 Å². The van der Waals surface area contributed by atoms with Crippen LogP contribution in [0.15, 0.2) is 72.8 Å². The third-order valence-electron chi connectivity index (χ3n) is 6.42. The first-order chi connectivity index (χ1) is 19.3. The Bertz CT molecular complexity index is 1230. The van der Waals surface area contributed by atoms with E-state index in [0.29, 0.717) is 43.3 Å². The van der Waals surface area contributed by atoms with Crippen LogP contribution in [0.5, 0.6) is 17.2 Å². The molecule has 0 heterocycles. The van der Waals surface area contributed by atoms with E-state index < -0.39 is 6.04 Å². The summed E-state index contributed by atoms with van der Waals surface area (Å²) in [5.74, 6) is 1.78. The van der Waals surface area contributed by atoms with Crippen molar-refractivity contribution >= 4 is 11.8 Å². The van der Waals surface area contributed by atoms with Gasteiger partial charge in [-0.2, -0.15) is 0 Å². The van der Waals surface area contributed by atoms with Gasteiger partial charge in [-0.05, 0) is 75.1 Å². The van der Waals surface area contributed by atoms with Gasteiger partial charge in [0, 0.05) is 25.4 Å². The van der Waals surface area contributed by atoms with Crippen LogP contribution in [-0.4, -0.2) is 49.1 Å².